The molecule has 0 saturated carbocycles. The predicted octanol–water partition coefficient (Wildman–Crippen LogP) is 3.22. The third-order valence-corrected chi connectivity index (χ3v) is 4.25. The average molecular weight is 370 g/mol. The number of carbonyl (C=O) groups excluding carboxylic acids is 2. The van der Waals surface area contributed by atoms with Gasteiger partial charge in [0, 0.05) is 12.1 Å². The van der Waals surface area contributed by atoms with Gasteiger partial charge in [0.05, 0.1) is 17.4 Å². The monoisotopic (exact) mass is 370 g/mol. The second-order valence-electron chi connectivity index (χ2n) is 6.04. The molecule has 9 heteroatoms. The first-order chi connectivity index (χ1) is 12.8. The molecule has 1 aromatic rings. The van der Waals surface area contributed by atoms with Crippen LogP contribution in [0.25, 0.3) is 4.85 Å². The quantitative estimate of drug-likeness (QED) is 0.260. The number of hydrogen-bond acceptors (Lipinski definition) is 7. The predicted molar refractivity (Wildman–Crippen MR) is 98.1 cm³/mol. The summed E-state index contributed by atoms with van der Waals surface area (Å²) in [6, 6.07) is 3.33. The Morgan fingerprint density at radius 1 is 1.37 bits per heavy atom. The molecule has 0 bridgehead atoms. The summed E-state index contributed by atoms with van der Waals surface area (Å²) in [4.78, 5) is 38.6. The van der Waals surface area contributed by atoms with Gasteiger partial charge in [0.2, 0.25) is 5.70 Å². The minimum Gasteiger partial charge on any atom is -0.506 e. The number of nitrogens with one attached hydrogen (secondary N) is 1. The second kappa shape index (κ2) is 8.23. The molecule has 1 atom stereocenters. The number of carbonyl (C=O) groups is 2. The number of Topliss-reactive ketones (excluding diaryl/α,β-unsaturated/α-hetero) is 2. The Balaban J connectivity index is 2.43. The van der Waals surface area contributed by atoms with E-state index in [1.165, 1.54) is 6.92 Å². The number of phenolic OH excluding ortho intramolecular Hbond substituents is 1. The maximum atomic E-state index is 12.7. The molecule has 1 aromatic carbocycles. The van der Waals surface area contributed by atoms with Crippen molar-refractivity contribution in [1.82, 2.24) is 0 Å². The summed E-state index contributed by atoms with van der Waals surface area (Å²) in [5.74, 6) is -2.26. The third kappa shape index (κ3) is 4.00. The van der Waals surface area contributed by atoms with Crippen molar-refractivity contribution in [1.29, 1.82) is 0 Å². The minimum absolute atomic E-state index is 0.0660. The Hall–Kier alpha value is -3.54. The lowest BCUT2D eigenvalue weighted by molar-refractivity contribution is -0.384. The van der Waals surface area contributed by atoms with E-state index in [0.717, 1.165) is 24.6 Å². The van der Waals surface area contributed by atoms with Crippen LogP contribution in [-0.2, 0) is 9.59 Å². The highest BCUT2D eigenvalue weighted by atomic mass is 16.6. The van der Waals surface area contributed by atoms with Crippen LogP contribution in [0.5, 0.6) is 5.75 Å². The summed E-state index contributed by atoms with van der Waals surface area (Å²) in [6.45, 7) is 10.6. The largest absolute Gasteiger partial charge is 0.506 e. The van der Waals surface area contributed by atoms with Crippen LogP contribution in [0.3, 0.4) is 0 Å². The zero-order valence-corrected chi connectivity index (χ0v) is 14.9. The summed E-state index contributed by atoms with van der Waals surface area (Å²) < 4.78 is 0. The molecule has 0 amide bonds. The van der Waals surface area contributed by atoms with Crippen molar-refractivity contribution >= 4 is 28.7 Å². The normalized spacial score (nSPS) is 18.6. The molecular formula is C18H18N4O5. The van der Waals surface area contributed by atoms with Crippen LogP contribution in [0, 0.1) is 22.6 Å². The summed E-state index contributed by atoms with van der Waals surface area (Å²) in [6.07, 6.45) is 1.76. The van der Waals surface area contributed by atoms with E-state index in [1.54, 1.807) is 0 Å². The number of ketones is 2. The van der Waals surface area contributed by atoms with E-state index in [4.69, 9.17) is 6.57 Å². The molecule has 2 N–H and O–H groups in total. The lowest BCUT2D eigenvalue weighted by Crippen LogP contribution is -2.37. The number of unbranched alkanes of at least 4 members (excludes halogenated alkanes) is 1. The Morgan fingerprint density at radius 3 is 2.67 bits per heavy atom. The summed E-state index contributed by atoms with van der Waals surface area (Å²) in [5.41, 5.74) is 2.02. The van der Waals surface area contributed by atoms with Crippen LogP contribution in [0.15, 0.2) is 34.6 Å². The Kier molecular flexibility index (Phi) is 6.03. The van der Waals surface area contributed by atoms with Gasteiger partial charge in [-0.3, -0.25) is 20.3 Å². The van der Waals surface area contributed by atoms with Crippen molar-refractivity contribution in [2.24, 2.45) is 11.0 Å². The molecule has 0 radical (unpaired) electrons. The molecule has 0 aliphatic heterocycles. The van der Waals surface area contributed by atoms with Crippen molar-refractivity contribution in [2.75, 3.05) is 5.43 Å². The molecule has 1 unspecified atom stereocenters. The van der Waals surface area contributed by atoms with Crippen molar-refractivity contribution in [3.8, 4) is 5.75 Å². The summed E-state index contributed by atoms with van der Waals surface area (Å²) in [7, 11) is 0. The maximum absolute atomic E-state index is 12.7. The minimum atomic E-state index is -0.961. The first kappa shape index (κ1) is 19.8. The molecule has 2 rings (SSSR count). The zero-order valence-electron chi connectivity index (χ0n) is 14.9. The summed E-state index contributed by atoms with van der Waals surface area (Å²) >= 11 is 0. The van der Waals surface area contributed by atoms with Gasteiger partial charge in [0.1, 0.15) is 17.1 Å². The number of nitro groups is 1. The van der Waals surface area contributed by atoms with Crippen LogP contribution < -0.4 is 5.43 Å². The molecule has 0 heterocycles. The van der Waals surface area contributed by atoms with Crippen LogP contribution in [0.4, 0.5) is 11.4 Å². The van der Waals surface area contributed by atoms with E-state index in [-0.39, 0.29) is 34.1 Å². The number of allylic oxidation sites excluding steroid dienone is 2. The van der Waals surface area contributed by atoms with Gasteiger partial charge in [-0.15, -0.1) is 0 Å². The molecule has 0 fully saturated rings. The van der Waals surface area contributed by atoms with Crippen molar-refractivity contribution in [2.45, 2.75) is 33.1 Å². The average Bonchev–Trinajstić information content (AvgIpc) is 2.63. The van der Waals surface area contributed by atoms with Crippen LogP contribution in [0.2, 0.25) is 0 Å². The topological polar surface area (TPSA) is 126 Å². The van der Waals surface area contributed by atoms with E-state index >= 15 is 0 Å². The van der Waals surface area contributed by atoms with Gasteiger partial charge in [-0.05, 0) is 25.0 Å². The Bertz CT molecular complexity index is 911. The number of nitrogens with zero attached hydrogens (tertiary/aromatic N) is 3. The van der Waals surface area contributed by atoms with Gasteiger partial charge in [0.25, 0.3) is 5.69 Å². The second-order valence-corrected chi connectivity index (χ2v) is 6.04. The molecule has 0 spiro atoms. The fourth-order valence-corrected chi connectivity index (χ4v) is 2.72. The number of rotatable bonds is 6. The van der Waals surface area contributed by atoms with E-state index in [2.05, 4.69) is 15.4 Å². The molecule has 27 heavy (non-hydrogen) atoms. The lowest BCUT2D eigenvalue weighted by atomic mass is 9.81. The highest BCUT2D eigenvalue weighted by Crippen LogP contribution is 2.30. The summed E-state index contributed by atoms with van der Waals surface area (Å²) in [5, 5.41) is 24.6. The number of hydrogen-bond donors (Lipinski definition) is 2. The molecule has 0 aromatic heterocycles. The molecular weight excluding hydrogens is 352 g/mol. The van der Waals surface area contributed by atoms with E-state index in [0.29, 0.717) is 12.8 Å². The van der Waals surface area contributed by atoms with Gasteiger partial charge < -0.3 is 9.90 Å². The van der Waals surface area contributed by atoms with Crippen molar-refractivity contribution in [3.05, 3.63) is 51.0 Å². The lowest BCUT2D eigenvalue weighted by Gasteiger charge is -2.22. The van der Waals surface area contributed by atoms with Gasteiger partial charge in [-0.2, -0.15) is 5.10 Å². The standard InChI is InChI=1S/C18H18N4O5/c1-4-5-6-12-17(24)15(19-3)10(2)16(18(12)25)21-20-13-9-11(22(26)27)7-8-14(13)23/h7-9,12,20,23H,4-6H2,1-2H3. The Morgan fingerprint density at radius 2 is 2.07 bits per heavy atom. The van der Waals surface area contributed by atoms with E-state index in [9.17, 15) is 24.8 Å². The fraction of sp³-hybridized carbons (Fsp3) is 0.333. The number of hydrazone groups is 1. The van der Waals surface area contributed by atoms with E-state index < -0.39 is 22.4 Å². The zero-order chi connectivity index (χ0) is 20.1. The number of non-ortho nitro benzene ring substituents is 1. The number of phenols is 1. The van der Waals surface area contributed by atoms with Gasteiger partial charge >= 0.3 is 0 Å². The van der Waals surface area contributed by atoms with Crippen molar-refractivity contribution < 1.29 is 19.6 Å². The van der Waals surface area contributed by atoms with Crippen LogP contribution >= 0.6 is 0 Å². The highest BCUT2D eigenvalue weighted by molar-refractivity contribution is 6.53. The number of benzene rings is 1. The van der Waals surface area contributed by atoms with Crippen LogP contribution in [-0.4, -0.2) is 27.3 Å². The Labute approximate surface area is 155 Å². The number of anilines is 1. The van der Waals surface area contributed by atoms with Gasteiger partial charge in [0.15, 0.2) is 11.6 Å². The highest BCUT2D eigenvalue weighted by Gasteiger charge is 2.39. The number of nitro benzene ring substituents is 1. The van der Waals surface area contributed by atoms with Gasteiger partial charge in [-0.1, -0.05) is 19.8 Å². The SMILES string of the molecule is [C-]#[N+]C1=C(C)C(=NNc2cc([N+](=O)[O-])ccc2O)C(=O)C(CCCC)C1=O. The van der Waals surface area contributed by atoms with E-state index in [1.807, 2.05) is 6.92 Å². The fourth-order valence-electron chi connectivity index (χ4n) is 2.72. The van der Waals surface area contributed by atoms with Crippen LogP contribution in [0.1, 0.15) is 33.1 Å². The first-order valence-corrected chi connectivity index (χ1v) is 8.30. The number of aromatic hydroxyl groups is 1. The van der Waals surface area contributed by atoms with Crippen molar-refractivity contribution in [3.63, 3.8) is 0 Å². The van der Waals surface area contributed by atoms with Gasteiger partial charge in [-0.25, -0.2) is 4.85 Å². The smallest absolute Gasteiger partial charge is 0.271 e. The molecule has 0 saturated heterocycles. The molecule has 9 nitrogen and oxygen atoms in total. The molecule has 1 aliphatic rings. The maximum Gasteiger partial charge on any atom is 0.271 e. The molecule has 1 aliphatic carbocycles. The molecule has 140 valence electrons. The third-order valence-electron chi connectivity index (χ3n) is 4.25. The first-order valence-electron chi connectivity index (χ1n) is 8.30.